The summed E-state index contributed by atoms with van der Waals surface area (Å²) in [6.45, 7) is 2.20. The Labute approximate surface area is 192 Å². The van der Waals surface area contributed by atoms with Gasteiger partial charge < -0.3 is 10.0 Å². The maximum Gasteiger partial charge on any atom is 0.254 e. The molecular formula is C26H27FN4O2. The molecular weight excluding hydrogens is 419 g/mol. The van der Waals surface area contributed by atoms with Crippen LogP contribution in [0.3, 0.4) is 0 Å². The highest BCUT2D eigenvalue weighted by Crippen LogP contribution is 2.42. The van der Waals surface area contributed by atoms with Crippen LogP contribution < -0.4 is 0 Å². The zero-order valence-electron chi connectivity index (χ0n) is 18.3. The topological polar surface area (TPSA) is 69.6 Å². The number of benzene rings is 2. The van der Waals surface area contributed by atoms with Crippen molar-refractivity contribution in [1.82, 2.24) is 19.8 Å². The summed E-state index contributed by atoms with van der Waals surface area (Å²) < 4.78 is 13.7. The van der Waals surface area contributed by atoms with E-state index in [2.05, 4.69) is 39.1 Å². The second kappa shape index (κ2) is 9.37. The lowest BCUT2D eigenvalue weighted by molar-refractivity contribution is -0.0606. The van der Waals surface area contributed by atoms with E-state index in [1.807, 2.05) is 4.90 Å². The van der Waals surface area contributed by atoms with Crippen LogP contribution in [0.5, 0.6) is 0 Å². The molecule has 2 saturated heterocycles. The second-order valence-electron chi connectivity index (χ2n) is 8.80. The third-order valence-corrected chi connectivity index (χ3v) is 6.92. The third kappa shape index (κ3) is 4.26. The number of hydrogen-bond acceptors (Lipinski definition) is 5. The molecule has 0 bridgehead atoms. The van der Waals surface area contributed by atoms with Gasteiger partial charge in [-0.2, -0.15) is 0 Å². The van der Waals surface area contributed by atoms with Gasteiger partial charge in [0.25, 0.3) is 5.91 Å². The molecule has 0 unspecified atom stereocenters. The fourth-order valence-corrected chi connectivity index (χ4v) is 5.27. The van der Waals surface area contributed by atoms with E-state index in [0.717, 1.165) is 36.1 Å². The third-order valence-electron chi connectivity index (χ3n) is 6.92. The molecule has 7 heteroatoms. The first-order valence-corrected chi connectivity index (χ1v) is 11.4. The van der Waals surface area contributed by atoms with Crippen molar-refractivity contribution >= 4 is 5.91 Å². The van der Waals surface area contributed by atoms with E-state index in [1.54, 1.807) is 24.5 Å². The minimum Gasteiger partial charge on any atom is -0.395 e. The minimum absolute atomic E-state index is 0.0325. The number of nitrogens with zero attached hydrogens (tertiary/aromatic N) is 4. The van der Waals surface area contributed by atoms with Gasteiger partial charge >= 0.3 is 0 Å². The average molecular weight is 447 g/mol. The lowest BCUT2D eigenvalue weighted by Gasteiger charge is -2.57. The zero-order chi connectivity index (χ0) is 22.8. The Morgan fingerprint density at radius 2 is 1.79 bits per heavy atom. The van der Waals surface area contributed by atoms with Gasteiger partial charge in [-0.15, -0.1) is 0 Å². The highest BCUT2D eigenvalue weighted by molar-refractivity contribution is 5.94. The monoisotopic (exact) mass is 446 g/mol. The second-order valence-corrected chi connectivity index (χ2v) is 8.80. The van der Waals surface area contributed by atoms with Crippen molar-refractivity contribution in [3.05, 3.63) is 84.2 Å². The molecule has 0 radical (unpaired) electrons. The van der Waals surface area contributed by atoms with E-state index < -0.39 is 5.82 Å². The minimum atomic E-state index is -0.403. The molecule has 2 aliphatic heterocycles. The molecule has 3 heterocycles. The molecule has 1 N–H and O–H groups in total. The Morgan fingerprint density at radius 1 is 1.03 bits per heavy atom. The van der Waals surface area contributed by atoms with Gasteiger partial charge in [-0.3, -0.25) is 9.69 Å². The molecule has 3 aromatic rings. The van der Waals surface area contributed by atoms with Crippen molar-refractivity contribution in [3.63, 3.8) is 0 Å². The van der Waals surface area contributed by atoms with Crippen LogP contribution in [0.25, 0.3) is 11.1 Å². The quantitative estimate of drug-likeness (QED) is 0.666. The lowest BCUT2D eigenvalue weighted by Crippen LogP contribution is -2.67. The van der Waals surface area contributed by atoms with Crippen molar-refractivity contribution < 1.29 is 14.3 Å². The van der Waals surface area contributed by atoms with Gasteiger partial charge in [0.2, 0.25) is 0 Å². The smallest absolute Gasteiger partial charge is 0.254 e. The molecule has 1 amide bonds. The number of halogens is 1. The van der Waals surface area contributed by atoms with Gasteiger partial charge in [-0.05, 0) is 48.7 Å². The first-order valence-electron chi connectivity index (χ1n) is 11.4. The summed E-state index contributed by atoms with van der Waals surface area (Å²) in [5.74, 6) is -0.417. The summed E-state index contributed by atoms with van der Waals surface area (Å²) in [5, 5.41) is 10.2. The van der Waals surface area contributed by atoms with Gasteiger partial charge in [0.05, 0.1) is 6.61 Å². The van der Waals surface area contributed by atoms with Crippen LogP contribution in [0, 0.1) is 5.82 Å². The number of carbonyl (C=O) groups excluding carboxylic acids is 1. The fraction of sp³-hybridized carbons (Fsp3) is 0.346. The molecule has 0 saturated carbocycles. The number of fused-ring (bicyclic) bond motifs is 1. The normalized spacial score (nSPS) is 23.2. The number of aliphatic hydroxyl groups is 1. The van der Waals surface area contributed by atoms with Crippen LogP contribution >= 0.6 is 0 Å². The maximum absolute atomic E-state index is 13.7. The van der Waals surface area contributed by atoms with Crippen LogP contribution in [0.2, 0.25) is 0 Å². The van der Waals surface area contributed by atoms with Crippen LogP contribution in [-0.2, 0) is 0 Å². The number of aliphatic hydroxyl groups excluding tert-OH is 1. The van der Waals surface area contributed by atoms with Gasteiger partial charge in [-0.1, -0.05) is 30.3 Å². The maximum atomic E-state index is 13.7. The van der Waals surface area contributed by atoms with E-state index in [1.165, 1.54) is 18.5 Å². The fourth-order valence-electron chi connectivity index (χ4n) is 5.27. The van der Waals surface area contributed by atoms with E-state index in [0.29, 0.717) is 18.7 Å². The molecule has 3 atom stereocenters. The summed E-state index contributed by atoms with van der Waals surface area (Å²) >= 11 is 0. The standard InChI is InChI=1S/C26H27FN4O2/c27-22-5-3-4-20(12-22)26(33)30-10-1-2-11-31-23(15-30)25(24(31)16-32)19-8-6-18(7-9-19)21-13-28-17-29-14-21/h3-9,12-14,17,23-25,32H,1-2,10-11,15-16H2/t23-,24-,25-/m1/s1. The van der Waals surface area contributed by atoms with Gasteiger partial charge in [0.1, 0.15) is 12.1 Å². The zero-order valence-corrected chi connectivity index (χ0v) is 18.3. The highest BCUT2D eigenvalue weighted by atomic mass is 19.1. The van der Waals surface area contributed by atoms with Crippen LogP contribution in [0.4, 0.5) is 4.39 Å². The number of rotatable bonds is 4. The van der Waals surface area contributed by atoms with E-state index in [-0.39, 0.29) is 30.5 Å². The van der Waals surface area contributed by atoms with Crippen molar-refractivity contribution in [3.8, 4) is 11.1 Å². The predicted molar refractivity (Wildman–Crippen MR) is 123 cm³/mol. The van der Waals surface area contributed by atoms with Crippen molar-refractivity contribution in [2.75, 3.05) is 26.2 Å². The Kier molecular flexibility index (Phi) is 6.15. The van der Waals surface area contributed by atoms with Crippen LogP contribution in [0.15, 0.2) is 67.3 Å². The Bertz CT molecular complexity index is 1110. The van der Waals surface area contributed by atoms with Crippen molar-refractivity contribution in [1.29, 1.82) is 0 Å². The Balaban J connectivity index is 1.39. The van der Waals surface area contributed by atoms with Crippen LogP contribution in [0.1, 0.15) is 34.7 Å². The lowest BCUT2D eigenvalue weighted by atomic mass is 9.74. The summed E-state index contributed by atoms with van der Waals surface area (Å²) in [7, 11) is 0. The molecule has 5 rings (SSSR count). The van der Waals surface area contributed by atoms with E-state index in [9.17, 15) is 14.3 Å². The summed E-state index contributed by atoms with van der Waals surface area (Å²) in [6.07, 6.45) is 6.93. The van der Waals surface area contributed by atoms with Crippen molar-refractivity contribution in [2.24, 2.45) is 0 Å². The molecule has 33 heavy (non-hydrogen) atoms. The van der Waals surface area contributed by atoms with Crippen molar-refractivity contribution in [2.45, 2.75) is 30.8 Å². The number of hydrogen-bond donors (Lipinski definition) is 1. The SMILES string of the molecule is O=C(c1cccc(F)c1)N1CCCCN2[C@H](CO)[C@H](c3ccc(-c4cncnc4)cc3)[C@H]2C1. The molecule has 2 fully saturated rings. The van der Waals surface area contributed by atoms with Gasteiger partial charge in [0.15, 0.2) is 0 Å². The Hall–Kier alpha value is -3.16. The average Bonchev–Trinajstić information content (AvgIpc) is 2.83. The summed E-state index contributed by atoms with van der Waals surface area (Å²) in [6, 6.07) is 14.4. The first kappa shape index (κ1) is 21.7. The molecule has 2 aromatic carbocycles. The largest absolute Gasteiger partial charge is 0.395 e. The number of amides is 1. The highest BCUT2D eigenvalue weighted by Gasteiger charge is 2.49. The summed E-state index contributed by atoms with van der Waals surface area (Å²) in [4.78, 5) is 25.5. The first-order chi connectivity index (χ1) is 16.2. The van der Waals surface area contributed by atoms with Gasteiger partial charge in [0, 0.05) is 54.6 Å². The molecule has 0 aliphatic carbocycles. The van der Waals surface area contributed by atoms with E-state index >= 15 is 0 Å². The van der Waals surface area contributed by atoms with Crippen LogP contribution in [-0.4, -0.2) is 69.1 Å². The van der Waals surface area contributed by atoms with E-state index in [4.69, 9.17) is 0 Å². The molecule has 170 valence electrons. The number of carbonyl (C=O) groups is 1. The summed E-state index contributed by atoms with van der Waals surface area (Å²) in [5.41, 5.74) is 3.52. The van der Waals surface area contributed by atoms with Gasteiger partial charge in [-0.25, -0.2) is 14.4 Å². The molecule has 1 aromatic heterocycles. The number of aromatic nitrogens is 2. The molecule has 2 aliphatic rings. The predicted octanol–water partition coefficient (Wildman–Crippen LogP) is 3.35. The Morgan fingerprint density at radius 3 is 2.52 bits per heavy atom. The molecule has 0 spiro atoms. The molecule has 6 nitrogen and oxygen atoms in total.